The fourth-order valence-corrected chi connectivity index (χ4v) is 4.39. The molecule has 1 aromatic carbocycles. The summed E-state index contributed by atoms with van der Waals surface area (Å²) in [6.45, 7) is 0. The van der Waals surface area contributed by atoms with E-state index in [-0.39, 0.29) is 12.2 Å². The summed E-state index contributed by atoms with van der Waals surface area (Å²) in [6, 6.07) is 1.68. The first-order chi connectivity index (χ1) is 13.4. The molecule has 1 heterocycles. The molecule has 1 fully saturated rings. The van der Waals surface area contributed by atoms with Crippen molar-refractivity contribution in [2.45, 2.75) is 23.5 Å². The van der Waals surface area contributed by atoms with Crippen molar-refractivity contribution in [3.8, 4) is 5.75 Å². The molecule has 1 amide bonds. The second-order valence-electron chi connectivity index (χ2n) is 6.07. The predicted octanol–water partition coefficient (Wildman–Crippen LogP) is 3.58. The molecule has 0 spiro atoms. The second kappa shape index (κ2) is 7.33. The maximum atomic E-state index is 13.9. The fraction of sp³-hybridized carbons (Fsp3) is 0.333. The smallest absolute Gasteiger partial charge is 0.393 e. The molecular formula is C15H11Cl2F4N3O4S. The number of hydrogen-bond acceptors (Lipinski definition) is 5. The average molecular weight is 476 g/mol. The molecule has 2 unspecified atom stereocenters. The number of amides is 1. The van der Waals surface area contributed by atoms with Crippen LogP contribution in [0.15, 0.2) is 23.1 Å². The van der Waals surface area contributed by atoms with Gasteiger partial charge in [0, 0.05) is 12.1 Å². The summed E-state index contributed by atoms with van der Waals surface area (Å²) >= 11 is 11.7. The average Bonchev–Trinajstić information content (AvgIpc) is 3.34. The zero-order valence-corrected chi connectivity index (χ0v) is 16.6. The van der Waals surface area contributed by atoms with Crippen molar-refractivity contribution in [1.82, 2.24) is 14.3 Å². The number of hydrogen-bond donors (Lipinski definition) is 1. The fourth-order valence-electron chi connectivity index (χ4n) is 2.67. The van der Waals surface area contributed by atoms with Gasteiger partial charge in [-0.3, -0.25) is 4.79 Å². The predicted molar refractivity (Wildman–Crippen MR) is 93.1 cm³/mol. The van der Waals surface area contributed by atoms with E-state index in [4.69, 9.17) is 27.9 Å². The number of carbonyl (C=O) groups excluding carboxylic acids is 1. The van der Waals surface area contributed by atoms with Crippen LogP contribution in [0.4, 0.5) is 17.6 Å². The summed E-state index contributed by atoms with van der Waals surface area (Å²) in [6.07, 6.45) is -4.80. The molecule has 2 atom stereocenters. The highest BCUT2D eigenvalue weighted by Crippen LogP contribution is 2.55. The summed E-state index contributed by atoms with van der Waals surface area (Å²) in [5.74, 6) is -4.25. The quantitative estimate of drug-likeness (QED) is 0.667. The summed E-state index contributed by atoms with van der Waals surface area (Å²) in [7, 11) is -3.49. The van der Waals surface area contributed by atoms with Crippen molar-refractivity contribution in [3.63, 3.8) is 0 Å². The molecule has 0 saturated heterocycles. The van der Waals surface area contributed by atoms with Crippen LogP contribution in [0.1, 0.15) is 23.0 Å². The number of nitrogens with zero attached hydrogens (tertiary/aromatic N) is 2. The first kappa shape index (κ1) is 21.7. The Hall–Kier alpha value is -2.05. The molecule has 2 aromatic rings. The Morgan fingerprint density at radius 1 is 1.34 bits per heavy atom. The van der Waals surface area contributed by atoms with Crippen LogP contribution < -0.4 is 9.46 Å². The van der Waals surface area contributed by atoms with E-state index in [0.717, 1.165) is 16.7 Å². The highest BCUT2D eigenvalue weighted by atomic mass is 35.5. The van der Waals surface area contributed by atoms with Gasteiger partial charge in [0.2, 0.25) is 5.28 Å². The van der Waals surface area contributed by atoms with Gasteiger partial charge < -0.3 is 9.30 Å². The number of sulfonamides is 1. The van der Waals surface area contributed by atoms with Crippen molar-refractivity contribution in [2.75, 3.05) is 7.11 Å². The molecule has 1 aliphatic carbocycles. The van der Waals surface area contributed by atoms with Gasteiger partial charge in [-0.2, -0.15) is 13.2 Å². The highest BCUT2D eigenvalue weighted by molar-refractivity contribution is 7.90. The summed E-state index contributed by atoms with van der Waals surface area (Å²) in [5, 5.41) is -1.08. The molecule has 1 saturated carbocycles. The Morgan fingerprint density at radius 2 is 2.00 bits per heavy atom. The van der Waals surface area contributed by atoms with Crippen LogP contribution in [-0.4, -0.2) is 37.2 Å². The third-order valence-corrected chi connectivity index (χ3v) is 6.16. The van der Waals surface area contributed by atoms with Gasteiger partial charge in [-0.1, -0.05) is 11.6 Å². The number of carbonyl (C=O) groups is 1. The van der Waals surface area contributed by atoms with E-state index in [0.29, 0.717) is 0 Å². The first-order valence-corrected chi connectivity index (χ1v) is 10.0. The number of halogens is 6. The molecule has 0 aliphatic heterocycles. The molecule has 7 nitrogen and oxygen atoms in total. The van der Waals surface area contributed by atoms with Crippen molar-refractivity contribution >= 4 is 39.1 Å². The van der Waals surface area contributed by atoms with Crippen LogP contribution >= 0.6 is 23.2 Å². The van der Waals surface area contributed by atoms with E-state index < -0.39 is 60.9 Å². The van der Waals surface area contributed by atoms with Gasteiger partial charge in [0.1, 0.15) is 21.6 Å². The number of alkyl halides is 3. The molecular weight excluding hydrogens is 465 g/mol. The van der Waals surface area contributed by atoms with E-state index in [2.05, 4.69) is 4.98 Å². The van der Waals surface area contributed by atoms with Gasteiger partial charge in [0.05, 0.1) is 13.0 Å². The van der Waals surface area contributed by atoms with Gasteiger partial charge in [0.15, 0.2) is 5.69 Å². The summed E-state index contributed by atoms with van der Waals surface area (Å²) in [5.41, 5.74) is -0.712. The van der Waals surface area contributed by atoms with E-state index in [1.807, 2.05) is 0 Å². The number of nitrogens with one attached hydrogen (secondary N) is 1. The molecule has 14 heteroatoms. The van der Waals surface area contributed by atoms with Crippen molar-refractivity contribution in [3.05, 3.63) is 40.1 Å². The minimum absolute atomic E-state index is 0.0107. The highest BCUT2D eigenvalue weighted by Gasteiger charge is 2.58. The van der Waals surface area contributed by atoms with Gasteiger partial charge in [-0.05, 0) is 30.2 Å². The normalized spacial score (nSPS) is 19.1. The number of methoxy groups -OCH3 is 1. The lowest BCUT2D eigenvalue weighted by Gasteiger charge is -2.09. The topological polar surface area (TPSA) is 90.3 Å². The Balaban J connectivity index is 1.88. The number of aromatic nitrogens is 2. The number of imidazole rings is 1. The van der Waals surface area contributed by atoms with Crippen LogP contribution in [-0.2, 0) is 10.0 Å². The van der Waals surface area contributed by atoms with Gasteiger partial charge >= 0.3 is 6.18 Å². The Kier molecular flexibility index (Phi) is 5.47. The lowest BCUT2D eigenvalue weighted by atomic mass is 10.3. The maximum absolute atomic E-state index is 13.9. The van der Waals surface area contributed by atoms with Crippen LogP contribution in [0.5, 0.6) is 5.75 Å². The minimum atomic E-state index is -4.72. The molecule has 1 aliphatic rings. The molecule has 29 heavy (non-hydrogen) atoms. The van der Waals surface area contributed by atoms with Gasteiger partial charge in [0.25, 0.3) is 15.9 Å². The van der Waals surface area contributed by atoms with Crippen LogP contribution in [0.25, 0.3) is 0 Å². The van der Waals surface area contributed by atoms with Crippen molar-refractivity contribution < 1.29 is 35.5 Å². The maximum Gasteiger partial charge on any atom is 0.393 e. The van der Waals surface area contributed by atoms with Gasteiger partial charge in [-0.15, -0.1) is 0 Å². The molecule has 0 bridgehead atoms. The lowest BCUT2D eigenvalue weighted by Crippen LogP contribution is -2.31. The summed E-state index contributed by atoms with van der Waals surface area (Å²) in [4.78, 5) is 15.0. The van der Waals surface area contributed by atoms with Crippen molar-refractivity contribution in [2.24, 2.45) is 5.92 Å². The van der Waals surface area contributed by atoms with Gasteiger partial charge in [-0.25, -0.2) is 22.5 Å². The zero-order valence-electron chi connectivity index (χ0n) is 14.3. The summed E-state index contributed by atoms with van der Waals surface area (Å²) < 4.78 is 84.2. The number of rotatable bonds is 5. The van der Waals surface area contributed by atoms with E-state index in [9.17, 15) is 30.8 Å². The molecule has 1 aromatic heterocycles. The van der Waals surface area contributed by atoms with Crippen LogP contribution in [0.2, 0.25) is 10.4 Å². The van der Waals surface area contributed by atoms with E-state index >= 15 is 0 Å². The van der Waals surface area contributed by atoms with E-state index in [1.54, 1.807) is 4.72 Å². The van der Waals surface area contributed by atoms with Crippen LogP contribution in [0.3, 0.4) is 0 Å². The number of benzene rings is 1. The minimum Gasteiger partial charge on any atom is -0.497 e. The zero-order chi connectivity index (χ0) is 21.7. The Morgan fingerprint density at radius 3 is 2.55 bits per heavy atom. The third-order valence-electron chi connectivity index (χ3n) is 4.19. The Bertz CT molecular complexity index is 1090. The van der Waals surface area contributed by atoms with E-state index in [1.165, 1.54) is 13.2 Å². The molecule has 1 N–H and O–H groups in total. The molecule has 0 radical (unpaired) electrons. The standard InChI is InChI=1S/C15H11Cl2F4N3O4S/c1-28-6-2-3-8(18)10(4-6)29(26,27)23-13(25)11-12(16)24(14(17)22-11)9-5-7(9)15(19,20)21/h2-4,7,9H,5H2,1H3,(H,23,25). The lowest BCUT2D eigenvalue weighted by molar-refractivity contribution is -0.150. The molecule has 158 valence electrons. The third kappa shape index (κ3) is 4.14. The van der Waals surface area contributed by atoms with Crippen molar-refractivity contribution in [1.29, 1.82) is 0 Å². The number of ether oxygens (including phenoxy) is 1. The first-order valence-electron chi connectivity index (χ1n) is 7.77. The Labute approximate surface area is 171 Å². The van der Waals surface area contributed by atoms with Crippen LogP contribution in [0, 0.1) is 11.7 Å². The SMILES string of the molecule is COc1ccc(F)c(S(=O)(=O)NC(=O)c2nc(Cl)n(C3CC3C(F)(F)F)c2Cl)c1. The monoisotopic (exact) mass is 475 g/mol. The second-order valence-corrected chi connectivity index (χ2v) is 8.42. The largest absolute Gasteiger partial charge is 0.497 e. The molecule has 3 rings (SSSR count).